The van der Waals surface area contributed by atoms with E-state index < -0.39 is 0 Å². The second kappa shape index (κ2) is 8.48. The summed E-state index contributed by atoms with van der Waals surface area (Å²) in [6.45, 7) is 6.11. The molecule has 106 valence electrons. The van der Waals surface area contributed by atoms with Crippen LogP contribution in [-0.2, 0) is 14.3 Å². The van der Waals surface area contributed by atoms with E-state index >= 15 is 0 Å². The molecular formula is C14H27NO3. The van der Waals surface area contributed by atoms with Crippen LogP contribution in [0.25, 0.3) is 0 Å². The van der Waals surface area contributed by atoms with Crippen LogP contribution in [0.3, 0.4) is 0 Å². The lowest BCUT2D eigenvalue weighted by molar-refractivity contribution is -0.148. The van der Waals surface area contributed by atoms with Crippen molar-refractivity contribution >= 4 is 5.97 Å². The highest BCUT2D eigenvalue weighted by molar-refractivity contribution is 5.70. The van der Waals surface area contributed by atoms with Gasteiger partial charge in [0, 0.05) is 12.6 Å². The monoisotopic (exact) mass is 257 g/mol. The van der Waals surface area contributed by atoms with E-state index in [1.54, 1.807) is 6.92 Å². The average Bonchev–Trinajstić information content (AvgIpc) is 2.35. The molecule has 0 aliphatic heterocycles. The summed E-state index contributed by atoms with van der Waals surface area (Å²) in [5, 5.41) is 0. The van der Waals surface area contributed by atoms with E-state index in [0.717, 1.165) is 12.5 Å². The van der Waals surface area contributed by atoms with E-state index in [0.29, 0.717) is 19.3 Å². The van der Waals surface area contributed by atoms with E-state index in [1.165, 1.54) is 25.7 Å². The molecule has 0 bridgehead atoms. The van der Waals surface area contributed by atoms with E-state index in [4.69, 9.17) is 9.47 Å². The first-order valence-electron chi connectivity index (χ1n) is 7.07. The third kappa shape index (κ3) is 5.83. The Morgan fingerprint density at radius 3 is 2.83 bits per heavy atom. The Kier molecular flexibility index (Phi) is 7.28. The Labute approximate surface area is 111 Å². The van der Waals surface area contributed by atoms with Gasteiger partial charge in [-0.25, -0.2) is 4.79 Å². The van der Waals surface area contributed by atoms with Crippen molar-refractivity contribution in [3.63, 3.8) is 0 Å². The molecule has 1 aliphatic rings. The summed E-state index contributed by atoms with van der Waals surface area (Å²) < 4.78 is 10.1. The van der Waals surface area contributed by atoms with E-state index in [2.05, 4.69) is 18.9 Å². The maximum atomic E-state index is 11.1. The quantitative estimate of drug-likeness (QED) is 0.517. The minimum absolute atomic E-state index is 0.0722. The molecule has 0 N–H and O–H groups in total. The number of hydrogen-bond donors (Lipinski definition) is 0. The van der Waals surface area contributed by atoms with Gasteiger partial charge in [-0.3, -0.25) is 0 Å². The third-order valence-corrected chi connectivity index (χ3v) is 3.65. The van der Waals surface area contributed by atoms with Crippen LogP contribution in [0, 0.1) is 5.92 Å². The smallest absolute Gasteiger partial charge is 0.332 e. The molecule has 0 aromatic carbocycles. The molecule has 1 fully saturated rings. The highest BCUT2D eigenvalue weighted by Crippen LogP contribution is 2.26. The number of carbonyl (C=O) groups is 1. The molecule has 4 nitrogen and oxygen atoms in total. The summed E-state index contributed by atoms with van der Waals surface area (Å²) in [5.74, 6) is 0.568. The Morgan fingerprint density at radius 1 is 1.39 bits per heavy atom. The lowest BCUT2D eigenvalue weighted by atomic mass is 9.86. The Bertz CT molecular complexity index is 245. The van der Waals surface area contributed by atoms with Gasteiger partial charge in [-0.1, -0.05) is 19.8 Å². The largest absolute Gasteiger partial charge is 0.464 e. The van der Waals surface area contributed by atoms with Crippen molar-refractivity contribution in [2.75, 3.05) is 33.4 Å². The molecule has 1 rings (SSSR count). The highest BCUT2D eigenvalue weighted by Gasteiger charge is 2.21. The normalized spacial score (nSPS) is 24.2. The number of likely N-dealkylation sites (N-methyl/N-ethyl adjacent to an activating group) is 1. The molecular weight excluding hydrogens is 230 g/mol. The van der Waals surface area contributed by atoms with Gasteiger partial charge in [0.2, 0.25) is 0 Å². The van der Waals surface area contributed by atoms with Crippen LogP contribution >= 0.6 is 0 Å². The Balaban J connectivity index is 2.09. The van der Waals surface area contributed by atoms with Gasteiger partial charge in [-0.15, -0.1) is 0 Å². The first-order chi connectivity index (χ1) is 8.63. The number of hydrogen-bond acceptors (Lipinski definition) is 4. The average molecular weight is 257 g/mol. The van der Waals surface area contributed by atoms with Gasteiger partial charge in [-0.2, -0.15) is 0 Å². The molecule has 0 aromatic rings. The van der Waals surface area contributed by atoms with Crippen LogP contribution in [0.4, 0.5) is 0 Å². The molecule has 18 heavy (non-hydrogen) atoms. The number of nitrogens with zero attached hydrogens (tertiary/aromatic N) is 1. The topological polar surface area (TPSA) is 38.8 Å². The Hall–Kier alpha value is -0.610. The van der Waals surface area contributed by atoms with Crippen molar-refractivity contribution in [1.29, 1.82) is 0 Å². The molecule has 0 saturated heterocycles. The van der Waals surface area contributed by atoms with E-state index in [1.807, 2.05) is 0 Å². The van der Waals surface area contributed by atoms with Crippen molar-refractivity contribution in [3.05, 3.63) is 0 Å². The SMILES string of the molecule is CCOC(=O)COCCN(C)C1CCCC(C)C1. The summed E-state index contributed by atoms with van der Waals surface area (Å²) in [6.07, 6.45) is 5.27. The molecule has 2 atom stereocenters. The maximum absolute atomic E-state index is 11.1. The Morgan fingerprint density at radius 2 is 2.17 bits per heavy atom. The number of carbonyl (C=O) groups excluding carboxylic acids is 1. The summed E-state index contributed by atoms with van der Waals surface area (Å²) in [5.41, 5.74) is 0. The van der Waals surface area contributed by atoms with Crippen molar-refractivity contribution in [3.8, 4) is 0 Å². The van der Waals surface area contributed by atoms with Gasteiger partial charge >= 0.3 is 5.97 Å². The number of esters is 1. The number of ether oxygens (including phenoxy) is 2. The molecule has 1 saturated carbocycles. The molecule has 1 aliphatic carbocycles. The lowest BCUT2D eigenvalue weighted by Crippen LogP contribution is -2.37. The predicted molar refractivity (Wildman–Crippen MR) is 71.5 cm³/mol. The van der Waals surface area contributed by atoms with Crippen molar-refractivity contribution in [2.24, 2.45) is 5.92 Å². The zero-order chi connectivity index (χ0) is 13.4. The van der Waals surface area contributed by atoms with Crippen molar-refractivity contribution in [1.82, 2.24) is 4.90 Å². The summed E-state index contributed by atoms with van der Waals surface area (Å²) in [7, 11) is 2.15. The second-order valence-corrected chi connectivity index (χ2v) is 5.26. The van der Waals surface area contributed by atoms with Gasteiger partial charge < -0.3 is 14.4 Å². The van der Waals surface area contributed by atoms with E-state index in [-0.39, 0.29) is 12.6 Å². The fraction of sp³-hybridized carbons (Fsp3) is 0.929. The van der Waals surface area contributed by atoms with E-state index in [9.17, 15) is 4.79 Å². The van der Waals surface area contributed by atoms with Gasteiger partial charge in [0.05, 0.1) is 13.2 Å². The van der Waals surface area contributed by atoms with Gasteiger partial charge in [0.15, 0.2) is 0 Å². The first-order valence-corrected chi connectivity index (χ1v) is 7.07. The van der Waals surface area contributed by atoms with Gasteiger partial charge in [-0.05, 0) is 32.7 Å². The van der Waals surface area contributed by atoms with Gasteiger partial charge in [0.1, 0.15) is 6.61 Å². The molecule has 0 aromatic heterocycles. The maximum Gasteiger partial charge on any atom is 0.332 e. The van der Waals surface area contributed by atoms with Crippen molar-refractivity contribution in [2.45, 2.75) is 45.6 Å². The second-order valence-electron chi connectivity index (χ2n) is 5.26. The third-order valence-electron chi connectivity index (χ3n) is 3.65. The fourth-order valence-corrected chi connectivity index (χ4v) is 2.55. The van der Waals surface area contributed by atoms with Crippen LogP contribution in [0.2, 0.25) is 0 Å². The molecule has 4 heteroatoms. The van der Waals surface area contributed by atoms with Crippen LogP contribution < -0.4 is 0 Å². The molecule has 0 amide bonds. The fourth-order valence-electron chi connectivity index (χ4n) is 2.55. The molecule has 0 radical (unpaired) electrons. The zero-order valence-electron chi connectivity index (χ0n) is 12.0. The zero-order valence-corrected chi connectivity index (χ0v) is 12.0. The van der Waals surface area contributed by atoms with Gasteiger partial charge in [0.25, 0.3) is 0 Å². The summed E-state index contributed by atoms with van der Waals surface area (Å²) in [6, 6.07) is 0.681. The minimum Gasteiger partial charge on any atom is -0.464 e. The predicted octanol–water partition coefficient (Wildman–Crippen LogP) is 2.08. The van der Waals surface area contributed by atoms with Crippen LogP contribution in [0.1, 0.15) is 39.5 Å². The van der Waals surface area contributed by atoms with Crippen molar-refractivity contribution < 1.29 is 14.3 Å². The molecule has 0 spiro atoms. The number of rotatable bonds is 7. The summed E-state index contributed by atoms with van der Waals surface area (Å²) >= 11 is 0. The minimum atomic E-state index is -0.272. The molecule has 2 unspecified atom stereocenters. The standard InChI is InChI=1S/C14H27NO3/c1-4-18-14(16)11-17-9-8-15(3)13-7-5-6-12(2)10-13/h12-13H,4-11H2,1-3H3. The summed E-state index contributed by atoms with van der Waals surface area (Å²) in [4.78, 5) is 13.4. The van der Waals surface area contributed by atoms with Crippen LogP contribution in [0.5, 0.6) is 0 Å². The van der Waals surface area contributed by atoms with Crippen LogP contribution in [-0.4, -0.2) is 50.3 Å². The van der Waals surface area contributed by atoms with Crippen LogP contribution in [0.15, 0.2) is 0 Å². The highest BCUT2D eigenvalue weighted by atomic mass is 16.6. The molecule has 0 heterocycles. The lowest BCUT2D eigenvalue weighted by Gasteiger charge is -2.34. The first kappa shape index (κ1) is 15.4.